The van der Waals surface area contributed by atoms with Crippen molar-refractivity contribution in [3.05, 3.63) is 29.3 Å². The molecule has 1 unspecified atom stereocenters. The summed E-state index contributed by atoms with van der Waals surface area (Å²) in [6.07, 6.45) is 1.20. The highest BCUT2D eigenvalue weighted by molar-refractivity contribution is 7.91. The highest BCUT2D eigenvalue weighted by Crippen LogP contribution is 2.15. The van der Waals surface area contributed by atoms with Gasteiger partial charge in [-0.25, -0.2) is 8.42 Å². The predicted molar refractivity (Wildman–Crippen MR) is 78.5 cm³/mol. The second-order valence-electron chi connectivity index (χ2n) is 4.40. The molecule has 0 aliphatic carbocycles. The van der Waals surface area contributed by atoms with Gasteiger partial charge in [0.05, 0.1) is 5.75 Å². The van der Waals surface area contributed by atoms with Crippen LogP contribution in [0.3, 0.4) is 0 Å². The number of nitrogens with two attached hydrogens (primary N) is 1. The van der Waals surface area contributed by atoms with Gasteiger partial charge in [-0.15, -0.1) is 0 Å². The minimum atomic E-state index is -2.90. The van der Waals surface area contributed by atoms with Crippen LogP contribution in [0.5, 0.6) is 5.75 Å². The van der Waals surface area contributed by atoms with E-state index in [4.69, 9.17) is 22.1 Å². The first-order chi connectivity index (χ1) is 8.93. The Balaban J connectivity index is 2.24. The summed E-state index contributed by atoms with van der Waals surface area (Å²) in [5, 5.41) is 0.654. The molecule has 1 aromatic rings. The first kappa shape index (κ1) is 16.3. The molecule has 108 valence electrons. The van der Waals surface area contributed by atoms with Crippen LogP contribution in [-0.4, -0.2) is 32.6 Å². The summed E-state index contributed by atoms with van der Waals surface area (Å²) in [5.41, 5.74) is 5.88. The molecule has 0 fully saturated rings. The molecule has 0 spiro atoms. The first-order valence-corrected chi connectivity index (χ1v) is 8.47. The molecule has 2 N–H and O–H groups in total. The fourth-order valence-electron chi connectivity index (χ4n) is 1.53. The lowest BCUT2D eigenvalue weighted by molar-refractivity contribution is 0.281. The van der Waals surface area contributed by atoms with Crippen LogP contribution in [0.4, 0.5) is 0 Å². The third-order valence-corrected chi connectivity index (χ3v) is 4.79. The molecule has 0 saturated carbocycles. The van der Waals surface area contributed by atoms with Gasteiger partial charge in [-0.3, -0.25) is 0 Å². The largest absolute Gasteiger partial charge is 0.492 e. The molecule has 0 radical (unpaired) electrons. The zero-order chi connectivity index (χ0) is 14.3. The molecule has 4 nitrogen and oxygen atoms in total. The van der Waals surface area contributed by atoms with Crippen molar-refractivity contribution in [3.8, 4) is 5.75 Å². The summed E-state index contributed by atoms with van der Waals surface area (Å²) in [4.78, 5) is 0. The van der Waals surface area contributed by atoms with Gasteiger partial charge in [0.1, 0.15) is 22.2 Å². The van der Waals surface area contributed by atoms with Gasteiger partial charge >= 0.3 is 0 Å². The Morgan fingerprint density at radius 2 is 1.95 bits per heavy atom. The molecule has 0 amide bonds. The van der Waals surface area contributed by atoms with E-state index in [0.29, 0.717) is 30.2 Å². The molecule has 0 aliphatic rings. The Labute approximate surface area is 119 Å². The van der Waals surface area contributed by atoms with Crippen LogP contribution in [0.15, 0.2) is 24.3 Å². The summed E-state index contributed by atoms with van der Waals surface area (Å²) in [7, 11) is -2.90. The summed E-state index contributed by atoms with van der Waals surface area (Å²) < 4.78 is 28.1. The molecule has 0 saturated heterocycles. The highest BCUT2D eigenvalue weighted by Gasteiger charge is 2.09. The Bertz CT molecular complexity index is 473. The lowest BCUT2D eigenvalue weighted by Gasteiger charge is -2.13. The van der Waals surface area contributed by atoms with E-state index < -0.39 is 9.84 Å². The van der Waals surface area contributed by atoms with Crippen molar-refractivity contribution in [3.63, 3.8) is 0 Å². The molecule has 1 rings (SSSR count). The molecule has 1 atom stereocenters. The van der Waals surface area contributed by atoms with E-state index in [1.54, 1.807) is 31.2 Å². The van der Waals surface area contributed by atoms with Gasteiger partial charge in [0.25, 0.3) is 0 Å². The zero-order valence-electron chi connectivity index (χ0n) is 11.0. The van der Waals surface area contributed by atoms with Crippen LogP contribution in [0, 0.1) is 0 Å². The normalized spacial score (nSPS) is 13.2. The minimum absolute atomic E-state index is 0.164. The Morgan fingerprint density at radius 3 is 2.53 bits per heavy atom. The van der Waals surface area contributed by atoms with Gasteiger partial charge in [-0.1, -0.05) is 18.5 Å². The van der Waals surface area contributed by atoms with Gasteiger partial charge in [0.15, 0.2) is 0 Å². The van der Waals surface area contributed by atoms with E-state index in [2.05, 4.69) is 0 Å². The van der Waals surface area contributed by atoms with Crippen molar-refractivity contribution in [2.24, 2.45) is 5.73 Å². The number of ether oxygens (including phenoxy) is 1. The van der Waals surface area contributed by atoms with Crippen molar-refractivity contribution in [2.45, 2.75) is 25.8 Å². The second-order valence-corrected chi connectivity index (χ2v) is 7.31. The number of sulfone groups is 1. The van der Waals surface area contributed by atoms with Crippen molar-refractivity contribution in [1.82, 2.24) is 0 Å². The third-order valence-electron chi connectivity index (χ3n) is 2.75. The maximum Gasteiger partial charge on any atom is 0.150 e. The molecule has 19 heavy (non-hydrogen) atoms. The average Bonchev–Trinajstić information content (AvgIpc) is 2.38. The number of hydrogen-bond donors (Lipinski definition) is 1. The van der Waals surface area contributed by atoms with Crippen LogP contribution in [0.2, 0.25) is 5.02 Å². The predicted octanol–water partition coefficient (Wildman–Crippen LogP) is 2.26. The highest BCUT2D eigenvalue weighted by atomic mass is 35.5. The van der Waals surface area contributed by atoms with Crippen LogP contribution in [-0.2, 0) is 9.84 Å². The number of benzene rings is 1. The van der Waals surface area contributed by atoms with Crippen LogP contribution in [0.1, 0.15) is 19.8 Å². The fraction of sp³-hybridized carbons (Fsp3) is 0.538. The third kappa shape index (κ3) is 6.80. The van der Waals surface area contributed by atoms with E-state index in [0.717, 1.165) is 0 Å². The standard InChI is InChI=1S/C13H20ClNO3S/c1-2-19(16,17)9-3-4-12(15)10-18-13-7-5-11(14)6-8-13/h5-8,12H,2-4,9-10,15H2,1H3. The van der Waals surface area contributed by atoms with Gasteiger partial charge in [-0.2, -0.15) is 0 Å². The zero-order valence-corrected chi connectivity index (χ0v) is 12.6. The Hall–Kier alpha value is -0.780. The van der Waals surface area contributed by atoms with Gasteiger partial charge in [0, 0.05) is 16.8 Å². The monoisotopic (exact) mass is 305 g/mol. The van der Waals surface area contributed by atoms with E-state index in [1.165, 1.54) is 0 Å². The lowest BCUT2D eigenvalue weighted by Crippen LogP contribution is -2.28. The van der Waals surface area contributed by atoms with Gasteiger partial charge in [-0.05, 0) is 37.1 Å². The quantitative estimate of drug-likeness (QED) is 0.800. The van der Waals surface area contributed by atoms with E-state index in [9.17, 15) is 8.42 Å². The summed E-state index contributed by atoms with van der Waals surface area (Å²) in [6, 6.07) is 6.88. The maximum atomic E-state index is 11.3. The van der Waals surface area contributed by atoms with Crippen molar-refractivity contribution in [2.75, 3.05) is 18.1 Å². The Morgan fingerprint density at radius 1 is 1.32 bits per heavy atom. The van der Waals surface area contributed by atoms with Crippen LogP contribution >= 0.6 is 11.6 Å². The van der Waals surface area contributed by atoms with Crippen LogP contribution in [0.25, 0.3) is 0 Å². The topological polar surface area (TPSA) is 69.4 Å². The smallest absolute Gasteiger partial charge is 0.150 e. The van der Waals surface area contributed by atoms with Gasteiger partial charge < -0.3 is 10.5 Å². The molecule has 6 heteroatoms. The summed E-state index contributed by atoms with van der Waals surface area (Å²) in [6.45, 7) is 2.02. The fourth-order valence-corrected chi connectivity index (χ4v) is 2.55. The van der Waals surface area contributed by atoms with Crippen molar-refractivity contribution < 1.29 is 13.2 Å². The molecule has 0 heterocycles. The average molecular weight is 306 g/mol. The Kier molecular flexibility index (Phi) is 6.62. The molecular formula is C13H20ClNO3S. The molecule has 1 aromatic carbocycles. The molecule has 0 aliphatic heterocycles. The first-order valence-electron chi connectivity index (χ1n) is 6.27. The summed E-state index contributed by atoms with van der Waals surface area (Å²) in [5.74, 6) is 1.09. The van der Waals surface area contributed by atoms with E-state index >= 15 is 0 Å². The van der Waals surface area contributed by atoms with E-state index in [-0.39, 0.29) is 17.5 Å². The molecular weight excluding hydrogens is 286 g/mol. The molecule has 0 bridgehead atoms. The van der Waals surface area contributed by atoms with Crippen LogP contribution < -0.4 is 10.5 Å². The van der Waals surface area contributed by atoms with Gasteiger partial charge in [0.2, 0.25) is 0 Å². The minimum Gasteiger partial charge on any atom is -0.492 e. The van der Waals surface area contributed by atoms with Crippen molar-refractivity contribution in [1.29, 1.82) is 0 Å². The number of halogens is 1. The number of rotatable bonds is 8. The van der Waals surface area contributed by atoms with Crippen molar-refractivity contribution >= 4 is 21.4 Å². The lowest BCUT2D eigenvalue weighted by atomic mass is 10.2. The molecule has 0 aromatic heterocycles. The maximum absolute atomic E-state index is 11.3. The summed E-state index contributed by atoms with van der Waals surface area (Å²) >= 11 is 5.76. The van der Waals surface area contributed by atoms with E-state index in [1.807, 2.05) is 0 Å². The SMILES string of the molecule is CCS(=O)(=O)CCCC(N)COc1ccc(Cl)cc1. The second kappa shape index (κ2) is 7.72. The number of hydrogen-bond acceptors (Lipinski definition) is 4.